The fourth-order valence-corrected chi connectivity index (χ4v) is 5.56. The molecule has 7 nitrogen and oxygen atoms in total. The Balaban J connectivity index is 1.26. The number of aliphatic imine (C=N–C) groups is 1. The number of anilines is 1. The summed E-state index contributed by atoms with van der Waals surface area (Å²) in [5.74, 6) is 1.53. The van der Waals surface area contributed by atoms with Crippen molar-refractivity contribution in [3.63, 3.8) is 0 Å². The average Bonchev–Trinajstić information content (AvgIpc) is 3.03. The molecule has 4 heterocycles. The van der Waals surface area contributed by atoms with E-state index in [2.05, 4.69) is 23.7 Å². The van der Waals surface area contributed by atoms with Gasteiger partial charge in [-0.2, -0.15) is 0 Å². The van der Waals surface area contributed by atoms with Crippen LogP contribution in [-0.2, 0) is 6.42 Å². The lowest BCUT2D eigenvalue weighted by atomic mass is 9.83. The highest BCUT2D eigenvalue weighted by atomic mass is 16.5. The molecule has 0 bridgehead atoms. The smallest absolute Gasteiger partial charge is 0.144 e. The number of nitrogens with two attached hydrogens (primary N) is 2. The molecule has 186 valence electrons. The van der Waals surface area contributed by atoms with Crippen LogP contribution in [0.1, 0.15) is 62.7 Å². The molecule has 0 radical (unpaired) electrons. The zero-order chi connectivity index (χ0) is 25.1. The van der Waals surface area contributed by atoms with Gasteiger partial charge in [0, 0.05) is 24.0 Å². The maximum atomic E-state index is 8.88. The minimum atomic E-state index is -0.393. The first kappa shape index (κ1) is 24.0. The average molecular weight is 483 g/mol. The number of aromatic nitrogens is 1. The van der Waals surface area contributed by atoms with Gasteiger partial charge in [0.2, 0.25) is 0 Å². The van der Waals surface area contributed by atoms with Crippen molar-refractivity contribution < 1.29 is 4.74 Å². The first-order valence-electron chi connectivity index (χ1n) is 12.9. The molecule has 2 aromatic rings. The normalized spacial score (nSPS) is 22.6. The number of ether oxygens (including phenoxy) is 1. The number of fused-ring (bicyclic) bond motifs is 2. The molecule has 0 spiro atoms. The lowest BCUT2D eigenvalue weighted by Crippen LogP contribution is -2.42. The number of hydrogen-bond acceptors (Lipinski definition) is 6. The Labute approximate surface area is 212 Å². The molecule has 0 saturated heterocycles. The summed E-state index contributed by atoms with van der Waals surface area (Å²) < 4.78 is 6.46. The summed E-state index contributed by atoms with van der Waals surface area (Å²) in [4.78, 5) is 11.1. The summed E-state index contributed by atoms with van der Waals surface area (Å²) >= 11 is 0. The summed E-state index contributed by atoms with van der Waals surface area (Å²) in [6.45, 7) is 2.92. The molecule has 5 N–H and O–H groups in total. The fraction of sp³-hybridized carbons (Fsp3) is 0.379. The zero-order valence-electron chi connectivity index (χ0n) is 20.8. The summed E-state index contributed by atoms with van der Waals surface area (Å²) in [6.07, 6.45) is 11.8. The number of nitrogens with zero attached hydrogens (tertiary/aromatic N) is 3. The second-order valence-electron chi connectivity index (χ2n) is 9.70. The second kappa shape index (κ2) is 10.1. The highest BCUT2D eigenvalue weighted by Crippen LogP contribution is 2.46. The summed E-state index contributed by atoms with van der Waals surface area (Å²) in [7, 11) is 0. The largest absolute Gasteiger partial charge is 0.485 e. The van der Waals surface area contributed by atoms with Gasteiger partial charge in [-0.15, -0.1) is 5.73 Å². The van der Waals surface area contributed by atoms with Crippen LogP contribution in [0.2, 0.25) is 0 Å². The summed E-state index contributed by atoms with van der Waals surface area (Å²) in [6, 6.07) is 11.9. The Hall–Kier alpha value is -3.67. The Morgan fingerprint density at radius 1 is 1.25 bits per heavy atom. The standard InChI is InChI=1S/C29H34N6O/c1-2-16-29(26(30)21-11-3-4-15-25(21)36-29)17-6-10-20-9-5-12-22(27(31)34-20)28(32)35-19-8-13-23-24(35)14-7-18-33-23/h3-5,7,9,11,14-15,18,26,32H,2,6,8,10,13,16-17,19,30H2,1H3,(H2,31,34)/t26-,29?/m1/s1. The minimum Gasteiger partial charge on any atom is -0.485 e. The fourth-order valence-electron chi connectivity index (χ4n) is 5.56. The Kier molecular flexibility index (Phi) is 6.77. The topological polar surface area (TPSA) is 114 Å². The number of pyridine rings is 1. The molecule has 0 fully saturated rings. The first-order valence-corrected chi connectivity index (χ1v) is 12.9. The van der Waals surface area contributed by atoms with Crippen molar-refractivity contribution >= 4 is 17.4 Å². The van der Waals surface area contributed by atoms with Gasteiger partial charge < -0.3 is 21.1 Å². The van der Waals surface area contributed by atoms with Crippen LogP contribution in [0.25, 0.3) is 0 Å². The van der Waals surface area contributed by atoms with Gasteiger partial charge in [-0.25, -0.2) is 4.99 Å². The second-order valence-corrected chi connectivity index (χ2v) is 9.70. The predicted octanol–water partition coefficient (Wildman–Crippen LogP) is 4.95. The van der Waals surface area contributed by atoms with E-state index in [0.29, 0.717) is 17.2 Å². The van der Waals surface area contributed by atoms with Gasteiger partial charge >= 0.3 is 0 Å². The maximum absolute atomic E-state index is 8.88. The molecule has 0 aliphatic carbocycles. The maximum Gasteiger partial charge on any atom is 0.144 e. The molecule has 7 heteroatoms. The molecule has 3 aliphatic heterocycles. The van der Waals surface area contributed by atoms with E-state index in [1.54, 1.807) is 6.20 Å². The van der Waals surface area contributed by atoms with E-state index in [0.717, 1.165) is 79.9 Å². The van der Waals surface area contributed by atoms with Crippen molar-refractivity contribution in [2.24, 2.45) is 16.5 Å². The van der Waals surface area contributed by atoms with E-state index in [1.807, 2.05) is 47.4 Å². The first-order chi connectivity index (χ1) is 17.5. The van der Waals surface area contributed by atoms with Crippen molar-refractivity contribution in [3.05, 3.63) is 83.0 Å². The van der Waals surface area contributed by atoms with Crippen molar-refractivity contribution in [1.29, 1.82) is 5.41 Å². The van der Waals surface area contributed by atoms with E-state index in [4.69, 9.17) is 26.6 Å². The molecule has 0 saturated carbocycles. The number of aryl methyl sites for hydroxylation is 1. The molecule has 1 aromatic carbocycles. The molecule has 3 aliphatic rings. The molecule has 36 heavy (non-hydrogen) atoms. The Morgan fingerprint density at radius 3 is 2.94 bits per heavy atom. The van der Waals surface area contributed by atoms with Gasteiger partial charge in [-0.3, -0.25) is 10.4 Å². The molecular formula is C29H34N6O. The summed E-state index contributed by atoms with van der Waals surface area (Å²) in [5, 5.41) is 8.88. The van der Waals surface area contributed by atoms with E-state index in [-0.39, 0.29) is 6.04 Å². The molecule has 0 amide bonds. The van der Waals surface area contributed by atoms with Gasteiger partial charge in [0.1, 0.15) is 28.6 Å². The van der Waals surface area contributed by atoms with E-state index in [1.165, 1.54) is 0 Å². The Bertz CT molecular complexity index is 1290. The van der Waals surface area contributed by atoms with Gasteiger partial charge in [-0.05, 0) is 68.9 Å². The SMILES string of the molecule is CCCC1(CCCC2=CC=C=C(C(=N)N3CCCc4ncccc43)C(N)=N2)Oc2ccccc2[C@H]1N. The number of amidine groups is 2. The van der Waals surface area contributed by atoms with Crippen molar-refractivity contribution in [1.82, 2.24) is 4.98 Å². The lowest BCUT2D eigenvalue weighted by Gasteiger charge is -2.33. The van der Waals surface area contributed by atoms with E-state index in [9.17, 15) is 0 Å². The highest BCUT2D eigenvalue weighted by Gasteiger charge is 2.45. The molecule has 1 unspecified atom stereocenters. The zero-order valence-corrected chi connectivity index (χ0v) is 20.8. The lowest BCUT2D eigenvalue weighted by molar-refractivity contribution is 0.0476. The van der Waals surface area contributed by atoms with Crippen LogP contribution in [0, 0.1) is 5.41 Å². The molecule has 1 aromatic heterocycles. The van der Waals surface area contributed by atoms with Gasteiger partial charge in [0.15, 0.2) is 0 Å². The quantitative estimate of drug-likeness (QED) is 0.294. The van der Waals surface area contributed by atoms with Gasteiger partial charge in [-0.1, -0.05) is 31.5 Å². The monoisotopic (exact) mass is 482 g/mol. The van der Waals surface area contributed by atoms with Gasteiger partial charge in [0.25, 0.3) is 0 Å². The number of para-hydroxylation sites is 1. The van der Waals surface area contributed by atoms with Crippen molar-refractivity contribution in [2.45, 2.75) is 63.5 Å². The third-order valence-corrected chi connectivity index (χ3v) is 7.32. The van der Waals surface area contributed by atoms with Crippen LogP contribution in [-0.4, -0.2) is 28.8 Å². The molecule has 2 atom stereocenters. The number of rotatable bonds is 7. The van der Waals surface area contributed by atoms with Crippen LogP contribution < -0.4 is 21.1 Å². The van der Waals surface area contributed by atoms with Gasteiger partial charge in [0.05, 0.1) is 17.4 Å². The van der Waals surface area contributed by atoms with Crippen LogP contribution in [0.15, 0.2) is 76.7 Å². The van der Waals surface area contributed by atoms with Crippen LogP contribution in [0.5, 0.6) is 5.75 Å². The molecular weight excluding hydrogens is 448 g/mol. The van der Waals surface area contributed by atoms with Crippen molar-refractivity contribution in [2.75, 3.05) is 11.4 Å². The third-order valence-electron chi connectivity index (χ3n) is 7.32. The van der Waals surface area contributed by atoms with E-state index >= 15 is 0 Å². The highest BCUT2D eigenvalue weighted by molar-refractivity contribution is 6.26. The predicted molar refractivity (Wildman–Crippen MR) is 144 cm³/mol. The van der Waals surface area contributed by atoms with E-state index < -0.39 is 5.60 Å². The number of hydrogen-bond donors (Lipinski definition) is 3. The minimum absolute atomic E-state index is 0.138. The third kappa shape index (κ3) is 4.48. The summed E-state index contributed by atoms with van der Waals surface area (Å²) in [5.41, 5.74) is 20.4. The number of allylic oxidation sites excluding steroid dienone is 2. The van der Waals surface area contributed by atoms with Crippen molar-refractivity contribution in [3.8, 4) is 5.75 Å². The number of benzene rings is 1. The van der Waals surface area contributed by atoms with Crippen LogP contribution in [0.3, 0.4) is 0 Å². The number of nitrogens with one attached hydrogen (secondary N) is 1. The Morgan fingerprint density at radius 2 is 2.11 bits per heavy atom. The van der Waals surface area contributed by atoms with Crippen LogP contribution in [0.4, 0.5) is 5.69 Å². The molecule has 5 rings (SSSR count). The van der Waals surface area contributed by atoms with Crippen LogP contribution >= 0.6 is 0 Å².